The fraction of sp³-hybridized carbons (Fsp3) is 0.400. The number of amides is 1. The van der Waals surface area contributed by atoms with Crippen LogP contribution in [0.15, 0.2) is 39.2 Å². The molecule has 0 aliphatic carbocycles. The highest BCUT2D eigenvalue weighted by molar-refractivity contribution is 7.04. The molecule has 1 aliphatic heterocycles. The number of rotatable bonds is 4. The maximum absolute atomic E-state index is 14.0. The Bertz CT molecular complexity index is 1210. The maximum atomic E-state index is 14.0. The molecule has 0 radical (unpaired) electrons. The van der Waals surface area contributed by atoms with Gasteiger partial charge in [0.2, 0.25) is 5.91 Å². The predicted molar refractivity (Wildman–Crippen MR) is 114 cm³/mol. The molecule has 0 N–H and O–H groups in total. The standard InChI is InChI=1S/C20H22FN5O3S/c1-13(2)26-19(28)18-16(12-30-22-18)25(20(26)29)11-17(27)24-9-7-23(8-10-24)15-6-4-3-5-14(15)21/h3-6,12-13H,7-11H2,1-2H3. The number of benzene rings is 1. The van der Waals surface area contributed by atoms with E-state index in [4.69, 9.17) is 0 Å². The van der Waals surface area contributed by atoms with Crippen molar-refractivity contribution in [2.24, 2.45) is 0 Å². The fourth-order valence-corrected chi connectivity index (χ4v) is 4.42. The third-order valence-electron chi connectivity index (χ3n) is 5.34. The summed E-state index contributed by atoms with van der Waals surface area (Å²) in [6.07, 6.45) is 0. The Hall–Kier alpha value is -3.01. The van der Waals surface area contributed by atoms with Gasteiger partial charge in [-0.2, -0.15) is 4.37 Å². The van der Waals surface area contributed by atoms with Gasteiger partial charge in [-0.05, 0) is 37.5 Å². The topological polar surface area (TPSA) is 80.4 Å². The van der Waals surface area contributed by atoms with Gasteiger partial charge in [-0.15, -0.1) is 0 Å². The number of carbonyl (C=O) groups excluding carboxylic acids is 1. The maximum Gasteiger partial charge on any atom is 0.332 e. The molecule has 1 saturated heterocycles. The first-order chi connectivity index (χ1) is 14.4. The quantitative estimate of drug-likeness (QED) is 0.628. The Morgan fingerprint density at radius 1 is 1.17 bits per heavy atom. The van der Waals surface area contributed by atoms with E-state index in [9.17, 15) is 18.8 Å². The van der Waals surface area contributed by atoms with Crippen molar-refractivity contribution in [1.29, 1.82) is 0 Å². The number of hydrogen-bond donors (Lipinski definition) is 0. The average molecular weight is 431 g/mol. The minimum absolute atomic E-state index is 0.166. The smallest absolute Gasteiger partial charge is 0.332 e. The Morgan fingerprint density at radius 2 is 1.87 bits per heavy atom. The van der Waals surface area contributed by atoms with Crippen LogP contribution in [0.25, 0.3) is 11.0 Å². The molecule has 10 heteroatoms. The summed E-state index contributed by atoms with van der Waals surface area (Å²) in [6, 6.07) is 6.23. The van der Waals surface area contributed by atoms with E-state index >= 15 is 0 Å². The number of aromatic nitrogens is 3. The molecule has 8 nitrogen and oxygen atoms in total. The van der Waals surface area contributed by atoms with Crippen LogP contribution >= 0.6 is 11.5 Å². The molecule has 0 saturated carbocycles. The van der Waals surface area contributed by atoms with Crippen molar-refractivity contribution in [2.45, 2.75) is 26.4 Å². The second kappa shape index (κ2) is 8.02. The van der Waals surface area contributed by atoms with Crippen molar-refractivity contribution >= 4 is 34.2 Å². The summed E-state index contributed by atoms with van der Waals surface area (Å²) in [5, 5.41) is 1.62. The lowest BCUT2D eigenvalue weighted by Gasteiger charge is -2.36. The normalized spacial score (nSPS) is 14.7. The zero-order chi connectivity index (χ0) is 21.4. The molecule has 0 bridgehead atoms. The van der Waals surface area contributed by atoms with Gasteiger partial charge in [-0.3, -0.25) is 18.7 Å². The molecule has 1 amide bonds. The van der Waals surface area contributed by atoms with Crippen LogP contribution in [0.1, 0.15) is 19.9 Å². The first-order valence-corrected chi connectivity index (χ1v) is 10.6. The van der Waals surface area contributed by atoms with Crippen LogP contribution in [0.4, 0.5) is 10.1 Å². The van der Waals surface area contributed by atoms with Gasteiger partial charge < -0.3 is 9.80 Å². The van der Waals surface area contributed by atoms with Gasteiger partial charge in [0.15, 0.2) is 5.52 Å². The Morgan fingerprint density at radius 3 is 2.53 bits per heavy atom. The predicted octanol–water partition coefficient (Wildman–Crippen LogP) is 1.69. The average Bonchev–Trinajstić information content (AvgIpc) is 3.21. The number of piperazine rings is 1. The molecule has 0 spiro atoms. The first-order valence-electron chi connectivity index (χ1n) is 9.75. The van der Waals surface area contributed by atoms with Crippen molar-refractivity contribution < 1.29 is 9.18 Å². The van der Waals surface area contributed by atoms with E-state index < -0.39 is 11.2 Å². The Balaban J connectivity index is 1.55. The summed E-state index contributed by atoms with van der Waals surface area (Å²) in [4.78, 5) is 42.0. The molecule has 3 aromatic rings. The van der Waals surface area contributed by atoms with E-state index in [2.05, 4.69) is 4.37 Å². The van der Waals surface area contributed by atoms with Crippen LogP contribution in [-0.2, 0) is 11.3 Å². The highest BCUT2D eigenvalue weighted by Gasteiger charge is 2.25. The molecule has 158 valence electrons. The molecular weight excluding hydrogens is 409 g/mol. The molecule has 2 aromatic heterocycles. The lowest BCUT2D eigenvalue weighted by atomic mass is 10.2. The van der Waals surface area contributed by atoms with Crippen LogP contribution in [0.2, 0.25) is 0 Å². The number of fused-ring (bicyclic) bond motifs is 1. The molecule has 30 heavy (non-hydrogen) atoms. The molecule has 0 unspecified atom stereocenters. The Labute approximate surface area is 175 Å². The van der Waals surface area contributed by atoms with Crippen LogP contribution in [0.5, 0.6) is 0 Å². The minimum atomic E-state index is -0.513. The zero-order valence-corrected chi connectivity index (χ0v) is 17.6. The van der Waals surface area contributed by atoms with Gasteiger partial charge in [0.25, 0.3) is 5.56 Å². The van der Waals surface area contributed by atoms with E-state index in [-0.39, 0.29) is 29.8 Å². The third kappa shape index (κ3) is 3.51. The summed E-state index contributed by atoms with van der Waals surface area (Å²) < 4.78 is 20.6. The van der Waals surface area contributed by atoms with Crippen LogP contribution < -0.4 is 16.1 Å². The van der Waals surface area contributed by atoms with Gasteiger partial charge in [0.1, 0.15) is 12.4 Å². The first kappa shape index (κ1) is 20.3. The lowest BCUT2D eigenvalue weighted by molar-refractivity contribution is -0.132. The van der Waals surface area contributed by atoms with Crippen LogP contribution in [0.3, 0.4) is 0 Å². The summed E-state index contributed by atoms with van der Waals surface area (Å²) in [5.41, 5.74) is 0.154. The summed E-state index contributed by atoms with van der Waals surface area (Å²) in [7, 11) is 0. The van der Waals surface area contributed by atoms with Crippen LogP contribution in [-0.4, -0.2) is 50.5 Å². The summed E-state index contributed by atoms with van der Waals surface area (Å²) in [5.74, 6) is -0.501. The SMILES string of the molecule is CC(C)n1c(=O)c2nscc2n(CC(=O)N2CCN(c3ccccc3F)CC2)c1=O. The van der Waals surface area contributed by atoms with Gasteiger partial charge in [0, 0.05) is 37.6 Å². The zero-order valence-electron chi connectivity index (χ0n) is 16.7. The molecule has 1 fully saturated rings. The molecular formula is C20H22FN5O3S. The monoisotopic (exact) mass is 431 g/mol. The van der Waals surface area contributed by atoms with Crippen LogP contribution in [0, 0.1) is 5.82 Å². The number of carbonyl (C=O) groups is 1. The van der Waals surface area contributed by atoms with E-state index in [1.165, 1.54) is 10.6 Å². The Kier molecular flexibility index (Phi) is 5.42. The largest absolute Gasteiger partial charge is 0.366 e. The van der Waals surface area contributed by atoms with E-state index in [1.54, 1.807) is 42.3 Å². The second-order valence-electron chi connectivity index (χ2n) is 7.51. The van der Waals surface area contributed by atoms with Crippen molar-refractivity contribution in [3.8, 4) is 0 Å². The number of nitrogens with zero attached hydrogens (tertiary/aromatic N) is 5. The molecule has 4 rings (SSSR count). The lowest BCUT2D eigenvalue weighted by Crippen LogP contribution is -2.51. The van der Waals surface area contributed by atoms with Crippen molar-refractivity contribution in [1.82, 2.24) is 18.4 Å². The number of hydrogen-bond acceptors (Lipinski definition) is 6. The van der Waals surface area contributed by atoms with Gasteiger partial charge in [-0.25, -0.2) is 9.18 Å². The molecule has 0 atom stereocenters. The number of para-hydroxylation sites is 1. The van der Waals surface area contributed by atoms with Crippen molar-refractivity contribution in [3.05, 3.63) is 56.3 Å². The van der Waals surface area contributed by atoms with Gasteiger partial charge >= 0.3 is 5.69 Å². The number of halogens is 1. The van der Waals surface area contributed by atoms with E-state index in [0.29, 0.717) is 37.4 Å². The fourth-order valence-electron chi connectivity index (χ4n) is 3.75. The highest BCUT2D eigenvalue weighted by Crippen LogP contribution is 2.20. The number of anilines is 1. The van der Waals surface area contributed by atoms with Crippen molar-refractivity contribution in [2.75, 3.05) is 31.1 Å². The van der Waals surface area contributed by atoms with Crippen molar-refractivity contribution in [3.63, 3.8) is 0 Å². The summed E-state index contributed by atoms with van der Waals surface area (Å²) in [6.45, 7) is 5.18. The minimum Gasteiger partial charge on any atom is -0.366 e. The molecule has 1 aliphatic rings. The van der Waals surface area contributed by atoms with Gasteiger partial charge in [0.05, 0.1) is 11.2 Å². The van der Waals surface area contributed by atoms with Gasteiger partial charge in [-0.1, -0.05) is 12.1 Å². The highest BCUT2D eigenvalue weighted by atomic mass is 32.1. The summed E-state index contributed by atoms with van der Waals surface area (Å²) >= 11 is 1.08. The van der Waals surface area contributed by atoms with E-state index in [1.807, 2.05) is 4.90 Å². The molecule has 1 aromatic carbocycles. The third-order valence-corrected chi connectivity index (χ3v) is 5.95. The second-order valence-corrected chi connectivity index (χ2v) is 8.13. The molecule has 3 heterocycles. The van der Waals surface area contributed by atoms with E-state index in [0.717, 1.165) is 16.1 Å².